The Hall–Kier alpha value is -1.07. The molecule has 1 aromatic carbocycles. The van der Waals surface area contributed by atoms with Crippen LogP contribution in [0.15, 0.2) is 12.1 Å². The number of benzene rings is 1. The molecule has 0 heterocycles. The molecule has 1 N–H and O–H groups in total. The van der Waals surface area contributed by atoms with Crippen LogP contribution in [-0.2, 0) is 9.84 Å². The quantitative estimate of drug-likeness (QED) is 0.848. The van der Waals surface area contributed by atoms with Gasteiger partial charge >= 0.3 is 0 Å². The zero-order valence-corrected chi connectivity index (χ0v) is 14.7. The number of Topliss-reactive ketones (excluding diaryl/α,β-unsaturated/α-hetero) is 1. The van der Waals surface area contributed by atoms with E-state index in [1.54, 1.807) is 6.07 Å². The summed E-state index contributed by atoms with van der Waals surface area (Å²) in [5.41, 5.74) is 2.38. The van der Waals surface area contributed by atoms with Gasteiger partial charge in [0, 0.05) is 28.6 Å². The Morgan fingerprint density at radius 3 is 2.32 bits per heavy atom. The van der Waals surface area contributed by atoms with Crippen molar-refractivity contribution in [2.24, 2.45) is 0 Å². The molecule has 1 aliphatic rings. The third-order valence-electron chi connectivity index (χ3n) is 4.39. The van der Waals surface area contributed by atoms with Crippen LogP contribution in [0.25, 0.3) is 0 Å². The molecule has 122 valence electrons. The van der Waals surface area contributed by atoms with Crippen LogP contribution in [0.4, 0.5) is 5.69 Å². The Balaban J connectivity index is 2.11. The van der Waals surface area contributed by atoms with Crippen molar-refractivity contribution < 1.29 is 13.2 Å². The smallest absolute Gasteiger partial charge is 0.160 e. The minimum atomic E-state index is -2.95. The highest BCUT2D eigenvalue weighted by Gasteiger charge is 2.28. The third kappa shape index (κ3) is 4.02. The fourth-order valence-corrected chi connectivity index (χ4v) is 4.40. The van der Waals surface area contributed by atoms with Gasteiger partial charge in [-0.3, -0.25) is 4.79 Å². The first kappa shape index (κ1) is 17.3. The van der Waals surface area contributed by atoms with E-state index < -0.39 is 9.84 Å². The Morgan fingerprint density at radius 2 is 1.82 bits per heavy atom. The second-order valence-corrected chi connectivity index (χ2v) is 8.89. The SMILES string of the molecule is CC(=O)c1cc(Cl)cc(N[C@H]2CC[C@@H](S(C)(=O)=O)CC2)c1C. The Labute approximate surface area is 137 Å². The van der Waals surface area contributed by atoms with E-state index in [2.05, 4.69) is 5.32 Å². The highest BCUT2D eigenvalue weighted by atomic mass is 35.5. The number of nitrogens with one attached hydrogen (secondary N) is 1. The van der Waals surface area contributed by atoms with Crippen molar-refractivity contribution in [2.45, 2.75) is 50.8 Å². The minimum absolute atomic E-state index is 0.0103. The first-order chi connectivity index (χ1) is 10.2. The first-order valence-corrected chi connectivity index (χ1v) is 9.78. The molecule has 1 fully saturated rings. The molecule has 0 atom stereocenters. The molecule has 0 spiro atoms. The van der Waals surface area contributed by atoms with Crippen molar-refractivity contribution in [3.05, 3.63) is 28.3 Å². The molecular formula is C16H22ClNO3S. The van der Waals surface area contributed by atoms with Crippen molar-refractivity contribution in [1.29, 1.82) is 0 Å². The van der Waals surface area contributed by atoms with Gasteiger partial charge in [0.1, 0.15) is 9.84 Å². The highest BCUT2D eigenvalue weighted by molar-refractivity contribution is 7.91. The monoisotopic (exact) mass is 343 g/mol. The van der Waals surface area contributed by atoms with Crippen LogP contribution in [0.3, 0.4) is 0 Å². The van der Waals surface area contributed by atoms with Gasteiger partial charge in [0.2, 0.25) is 0 Å². The van der Waals surface area contributed by atoms with Crippen molar-refractivity contribution in [3.63, 3.8) is 0 Å². The molecule has 6 heteroatoms. The summed E-state index contributed by atoms with van der Waals surface area (Å²) in [5, 5.41) is 3.73. The van der Waals surface area contributed by atoms with Gasteiger partial charge in [0.05, 0.1) is 5.25 Å². The second-order valence-electron chi connectivity index (χ2n) is 6.13. The van der Waals surface area contributed by atoms with Crippen molar-refractivity contribution >= 4 is 32.9 Å². The van der Waals surface area contributed by atoms with E-state index in [4.69, 9.17) is 11.6 Å². The van der Waals surface area contributed by atoms with E-state index in [1.807, 2.05) is 13.0 Å². The van der Waals surface area contributed by atoms with Gasteiger partial charge < -0.3 is 5.32 Å². The molecule has 1 aliphatic carbocycles. The van der Waals surface area contributed by atoms with Gasteiger partial charge in [-0.1, -0.05) is 11.6 Å². The van der Waals surface area contributed by atoms with E-state index in [-0.39, 0.29) is 17.1 Å². The van der Waals surface area contributed by atoms with Crippen LogP contribution < -0.4 is 5.32 Å². The normalized spacial score (nSPS) is 22.4. The summed E-state index contributed by atoms with van der Waals surface area (Å²) in [7, 11) is -2.95. The molecule has 1 saturated carbocycles. The summed E-state index contributed by atoms with van der Waals surface area (Å²) in [6, 6.07) is 3.73. The standard InChI is InChI=1S/C16H22ClNO3S/c1-10-15(11(2)19)8-12(17)9-16(10)18-13-4-6-14(7-5-13)22(3,20)21/h8-9,13-14,18H,4-7H2,1-3H3/t13-,14+. The molecule has 0 aliphatic heterocycles. The van der Waals surface area contributed by atoms with E-state index in [0.717, 1.165) is 24.1 Å². The predicted octanol–water partition coefficient (Wildman–Crippen LogP) is 3.62. The van der Waals surface area contributed by atoms with E-state index >= 15 is 0 Å². The molecule has 2 rings (SSSR count). The Kier molecular flexibility index (Phi) is 5.17. The van der Waals surface area contributed by atoms with Crippen molar-refractivity contribution in [1.82, 2.24) is 0 Å². The summed E-state index contributed by atoms with van der Waals surface area (Å²) in [4.78, 5) is 11.7. The third-order valence-corrected chi connectivity index (χ3v) is 6.29. The molecule has 0 saturated heterocycles. The average Bonchev–Trinajstić information content (AvgIpc) is 2.41. The number of rotatable bonds is 4. The molecule has 0 radical (unpaired) electrons. The lowest BCUT2D eigenvalue weighted by atomic mass is 9.94. The van der Waals surface area contributed by atoms with Crippen LogP contribution in [-0.4, -0.2) is 31.7 Å². The van der Waals surface area contributed by atoms with Gasteiger partial charge in [0.25, 0.3) is 0 Å². The minimum Gasteiger partial charge on any atom is -0.382 e. The number of ketones is 1. The average molecular weight is 344 g/mol. The van der Waals surface area contributed by atoms with Crippen LogP contribution in [0.2, 0.25) is 5.02 Å². The number of sulfone groups is 1. The zero-order valence-electron chi connectivity index (χ0n) is 13.1. The topological polar surface area (TPSA) is 63.2 Å². The van der Waals surface area contributed by atoms with Crippen molar-refractivity contribution in [3.8, 4) is 0 Å². The maximum Gasteiger partial charge on any atom is 0.160 e. The van der Waals surface area contributed by atoms with Gasteiger partial charge in [-0.25, -0.2) is 8.42 Å². The number of carbonyl (C=O) groups excluding carboxylic acids is 1. The summed E-state index contributed by atoms with van der Waals surface area (Å²) in [6.07, 6.45) is 4.27. The molecule has 0 amide bonds. The highest BCUT2D eigenvalue weighted by Crippen LogP contribution is 2.30. The summed E-state index contributed by atoms with van der Waals surface area (Å²) in [5.74, 6) is -0.0103. The van der Waals surface area contributed by atoms with E-state index in [0.29, 0.717) is 23.4 Å². The molecular weight excluding hydrogens is 322 g/mol. The van der Waals surface area contributed by atoms with Gasteiger partial charge in [0.15, 0.2) is 5.78 Å². The lowest BCUT2D eigenvalue weighted by Crippen LogP contribution is -2.32. The van der Waals surface area contributed by atoms with Gasteiger partial charge in [-0.15, -0.1) is 0 Å². The second kappa shape index (κ2) is 6.59. The fraction of sp³-hybridized carbons (Fsp3) is 0.562. The van der Waals surface area contributed by atoms with Crippen molar-refractivity contribution in [2.75, 3.05) is 11.6 Å². The van der Waals surface area contributed by atoms with Crippen LogP contribution in [0.1, 0.15) is 48.5 Å². The number of carbonyl (C=O) groups is 1. The number of anilines is 1. The molecule has 0 bridgehead atoms. The molecule has 0 aromatic heterocycles. The fourth-order valence-electron chi connectivity index (χ4n) is 3.05. The Morgan fingerprint density at radius 1 is 1.23 bits per heavy atom. The Bertz CT molecular complexity index is 677. The van der Waals surface area contributed by atoms with Crippen LogP contribution in [0.5, 0.6) is 0 Å². The van der Waals surface area contributed by atoms with Gasteiger partial charge in [-0.2, -0.15) is 0 Å². The number of hydrogen-bond donors (Lipinski definition) is 1. The lowest BCUT2D eigenvalue weighted by molar-refractivity contribution is 0.101. The molecule has 4 nitrogen and oxygen atoms in total. The lowest BCUT2D eigenvalue weighted by Gasteiger charge is -2.29. The summed E-state index contributed by atoms with van der Waals surface area (Å²) >= 11 is 6.10. The molecule has 1 aromatic rings. The largest absolute Gasteiger partial charge is 0.382 e. The predicted molar refractivity (Wildman–Crippen MR) is 90.7 cm³/mol. The van der Waals surface area contributed by atoms with Gasteiger partial charge in [-0.05, 0) is 57.2 Å². The zero-order chi connectivity index (χ0) is 16.5. The maximum atomic E-state index is 11.7. The van der Waals surface area contributed by atoms with E-state index in [1.165, 1.54) is 13.2 Å². The summed E-state index contributed by atoms with van der Waals surface area (Å²) < 4.78 is 23.2. The molecule has 0 unspecified atom stereocenters. The maximum absolute atomic E-state index is 11.7. The summed E-state index contributed by atoms with van der Waals surface area (Å²) in [6.45, 7) is 3.43. The van der Waals surface area contributed by atoms with Crippen LogP contribution >= 0.6 is 11.6 Å². The van der Waals surface area contributed by atoms with Crippen LogP contribution in [0, 0.1) is 6.92 Å². The number of hydrogen-bond acceptors (Lipinski definition) is 4. The van der Waals surface area contributed by atoms with E-state index in [9.17, 15) is 13.2 Å². The first-order valence-electron chi connectivity index (χ1n) is 7.45. The number of halogens is 1. The molecule has 22 heavy (non-hydrogen) atoms.